The Bertz CT molecular complexity index is 1340. The lowest BCUT2D eigenvalue weighted by atomic mass is 10.1. The molecule has 35 heavy (non-hydrogen) atoms. The Labute approximate surface area is 216 Å². The Morgan fingerprint density at radius 1 is 1.03 bits per heavy atom. The van der Waals surface area contributed by atoms with E-state index >= 15 is 0 Å². The average molecular weight is 553 g/mol. The van der Waals surface area contributed by atoms with Crippen LogP contribution in [0, 0.1) is 30.9 Å². The van der Waals surface area contributed by atoms with Gasteiger partial charge in [-0.25, -0.2) is 0 Å². The maximum atomic E-state index is 11.7. The molecule has 3 aromatic carbocycles. The lowest BCUT2D eigenvalue weighted by Gasteiger charge is -2.18. The van der Waals surface area contributed by atoms with Gasteiger partial charge in [0.15, 0.2) is 5.16 Å². The molecule has 180 valence electrons. The molecular weight excluding hydrogens is 528 g/mol. The van der Waals surface area contributed by atoms with Crippen molar-refractivity contribution >= 4 is 27.7 Å². The van der Waals surface area contributed by atoms with E-state index in [-0.39, 0.29) is 11.5 Å². The van der Waals surface area contributed by atoms with Crippen LogP contribution in [0.2, 0.25) is 0 Å². The Hall–Kier alpha value is -3.17. The van der Waals surface area contributed by atoms with E-state index in [1.54, 1.807) is 0 Å². The molecule has 4 aromatic rings. The van der Waals surface area contributed by atoms with Crippen molar-refractivity contribution in [2.45, 2.75) is 37.8 Å². The van der Waals surface area contributed by atoms with Crippen LogP contribution in [-0.2, 0) is 6.61 Å². The number of benzene rings is 3. The normalized spacial score (nSPS) is 11.9. The van der Waals surface area contributed by atoms with Crippen molar-refractivity contribution in [3.8, 4) is 11.4 Å². The highest BCUT2D eigenvalue weighted by atomic mass is 79.9. The molecule has 0 aliphatic rings. The van der Waals surface area contributed by atoms with Crippen molar-refractivity contribution in [2.75, 3.05) is 6.54 Å². The average Bonchev–Trinajstić information content (AvgIpc) is 3.18. The van der Waals surface area contributed by atoms with Gasteiger partial charge in [-0.2, -0.15) is 0 Å². The van der Waals surface area contributed by atoms with E-state index in [0.29, 0.717) is 23.3 Å². The summed E-state index contributed by atoms with van der Waals surface area (Å²) in [5.41, 5.74) is 4.95. The molecule has 4 rings (SSSR count). The number of halogens is 1. The van der Waals surface area contributed by atoms with Gasteiger partial charge in [0.05, 0.1) is 0 Å². The first-order valence-corrected chi connectivity index (χ1v) is 12.7. The van der Waals surface area contributed by atoms with Gasteiger partial charge in [-0.3, -0.25) is 14.7 Å². The second-order valence-electron chi connectivity index (χ2n) is 8.28. The number of hydrogen-bond donors (Lipinski definition) is 0. The van der Waals surface area contributed by atoms with Gasteiger partial charge in [0.2, 0.25) is 6.54 Å². The summed E-state index contributed by atoms with van der Waals surface area (Å²) in [6.45, 7) is 6.00. The summed E-state index contributed by atoms with van der Waals surface area (Å²) in [4.78, 5) is 11.4. The zero-order valence-corrected chi connectivity index (χ0v) is 22.0. The Balaban J connectivity index is 1.68. The third-order valence-corrected chi connectivity index (χ3v) is 7.11. The number of nitro groups is 1. The molecule has 0 aliphatic heterocycles. The molecule has 0 N–H and O–H groups in total. The van der Waals surface area contributed by atoms with E-state index < -0.39 is 5.25 Å². The third kappa shape index (κ3) is 6.29. The minimum absolute atomic E-state index is 0.290. The fraction of sp³-hybridized carbons (Fsp3) is 0.231. The van der Waals surface area contributed by atoms with Gasteiger partial charge in [-0.1, -0.05) is 69.7 Å². The van der Waals surface area contributed by atoms with Gasteiger partial charge in [0.1, 0.15) is 23.4 Å². The van der Waals surface area contributed by atoms with Crippen LogP contribution in [0.25, 0.3) is 5.69 Å². The zero-order chi connectivity index (χ0) is 24.9. The molecule has 0 spiro atoms. The Morgan fingerprint density at radius 3 is 2.51 bits per heavy atom. The van der Waals surface area contributed by atoms with Crippen LogP contribution in [0.3, 0.4) is 0 Å². The van der Waals surface area contributed by atoms with Crippen molar-refractivity contribution < 1.29 is 9.66 Å². The molecule has 0 aliphatic carbocycles. The van der Waals surface area contributed by atoms with Crippen molar-refractivity contribution in [2.24, 2.45) is 0 Å². The molecule has 0 bridgehead atoms. The maximum absolute atomic E-state index is 11.7. The highest BCUT2D eigenvalue weighted by Gasteiger charge is 2.27. The second-order valence-corrected chi connectivity index (χ2v) is 10.4. The highest BCUT2D eigenvalue weighted by molar-refractivity contribution is 9.10. The molecule has 7 nitrogen and oxygen atoms in total. The molecule has 1 atom stereocenters. The highest BCUT2D eigenvalue weighted by Crippen LogP contribution is 2.41. The van der Waals surface area contributed by atoms with Gasteiger partial charge >= 0.3 is 0 Å². The van der Waals surface area contributed by atoms with Crippen LogP contribution in [-0.4, -0.2) is 26.2 Å². The first kappa shape index (κ1) is 24.9. The molecule has 0 saturated heterocycles. The van der Waals surface area contributed by atoms with Crippen LogP contribution in [0.15, 0.2) is 76.4 Å². The van der Waals surface area contributed by atoms with Gasteiger partial charge in [0.25, 0.3) is 0 Å². The quantitative estimate of drug-likeness (QED) is 0.131. The monoisotopic (exact) mass is 552 g/mol. The van der Waals surface area contributed by atoms with Crippen molar-refractivity contribution in [3.63, 3.8) is 0 Å². The molecule has 0 fully saturated rings. The van der Waals surface area contributed by atoms with Crippen LogP contribution in [0.1, 0.15) is 33.3 Å². The second kappa shape index (κ2) is 11.0. The molecule has 1 aromatic heterocycles. The lowest BCUT2D eigenvalue weighted by molar-refractivity contribution is -0.479. The molecule has 1 heterocycles. The number of thioether (sulfide) groups is 1. The number of aromatic nitrogens is 3. The van der Waals surface area contributed by atoms with Crippen molar-refractivity contribution in [1.29, 1.82) is 0 Å². The third-order valence-electron chi connectivity index (χ3n) is 5.45. The van der Waals surface area contributed by atoms with Crippen molar-refractivity contribution in [3.05, 3.63) is 109 Å². The maximum Gasteiger partial charge on any atom is 0.220 e. The van der Waals surface area contributed by atoms with Gasteiger partial charge in [-0.15, -0.1) is 10.2 Å². The first-order chi connectivity index (χ1) is 16.8. The fourth-order valence-electron chi connectivity index (χ4n) is 3.69. The number of aryl methyl sites for hydroxylation is 3. The summed E-state index contributed by atoms with van der Waals surface area (Å²) in [7, 11) is 0. The standard InChI is InChI=1S/C26H25BrN4O3S/c1-17-7-9-20(10-8-17)16-34-24-12-11-21(27)14-23(24)25(15-30(32)33)35-26-29-28-19(3)31(26)22-6-4-5-18(2)13-22/h4-14,25H,15-16H2,1-3H3/t25-/m0/s1. The minimum atomic E-state index is -0.539. The van der Waals surface area contributed by atoms with Crippen LogP contribution in [0.5, 0.6) is 5.75 Å². The van der Waals surface area contributed by atoms with E-state index in [0.717, 1.165) is 26.9 Å². The summed E-state index contributed by atoms with van der Waals surface area (Å²) in [5.74, 6) is 1.31. The number of rotatable bonds is 9. The number of hydrogen-bond acceptors (Lipinski definition) is 6. The molecule has 0 saturated carbocycles. The van der Waals surface area contributed by atoms with Gasteiger partial charge in [-0.05, 0) is 62.2 Å². The molecular formula is C26H25BrN4O3S. The summed E-state index contributed by atoms with van der Waals surface area (Å²) in [6, 6.07) is 21.7. The van der Waals surface area contributed by atoms with Crippen LogP contribution in [0.4, 0.5) is 0 Å². The Kier molecular flexibility index (Phi) is 7.87. The fourth-order valence-corrected chi connectivity index (χ4v) is 5.26. The summed E-state index contributed by atoms with van der Waals surface area (Å²) in [6.07, 6.45) is 0. The van der Waals surface area contributed by atoms with Crippen molar-refractivity contribution in [1.82, 2.24) is 14.8 Å². The first-order valence-electron chi connectivity index (χ1n) is 11.1. The number of ether oxygens (including phenoxy) is 1. The van der Waals surface area contributed by atoms with E-state index in [9.17, 15) is 10.1 Å². The smallest absolute Gasteiger partial charge is 0.220 e. The molecule has 9 heteroatoms. The largest absolute Gasteiger partial charge is 0.489 e. The summed E-state index contributed by atoms with van der Waals surface area (Å²) < 4.78 is 8.90. The molecule has 0 radical (unpaired) electrons. The van der Waals surface area contributed by atoms with E-state index in [1.165, 1.54) is 17.3 Å². The lowest BCUT2D eigenvalue weighted by Crippen LogP contribution is -2.13. The SMILES string of the molecule is Cc1ccc(COc2ccc(Br)cc2[C@H](C[N+](=O)[O-])Sc2nnc(C)n2-c2cccc(C)c2)cc1. The number of nitrogens with zero attached hydrogens (tertiary/aromatic N) is 4. The topological polar surface area (TPSA) is 83.1 Å². The molecule has 0 amide bonds. The van der Waals surface area contributed by atoms with Gasteiger partial charge < -0.3 is 4.74 Å². The Morgan fingerprint density at radius 2 is 1.80 bits per heavy atom. The minimum Gasteiger partial charge on any atom is -0.489 e. The van der Waals surface area contributed by atoms with E-state index in [4.69, 9.17) is 4.74 Å². The predicted octanol–water partition coefficient (Wildman–Crippen LogP) is 6.64. The zero-order valence-electron chi connectivity index (χ0n) is 19.6. The van der Waals surface area contributed by atoms with Gasteiger partial charge in [0, 0.05) is 20.6 Å². The van der Waals surface area contributed by atoms with Crippen LogP contribution >= 0.6 is 27.7 Å². The molecule has 0 unspecified atom stereocenters. The summed E-state index contributed by atoms with van der Waals surface area (Å²) >= 11 is 4.83. The van der Waals surface area contributed by atoms with Crippen LogP contribution < -0.4 is 4.74 Å². The summed E-state index contributed by atoms with van der Waals surface area (Å²) in [5, 5.41) is 20.3. The van der Waals surface area contributed by atoms with E-state index in [1.807, 2.05) is 92.1 Å². The predicted molar refractivity (Wildman–Crippen MR) is 141 cm³/mol. The van der Waals surface area contributed by atoms with E-state index in [2.05, 4.69) is 26.1 Å².